The number of nitrogens with one attached hydrogen (secondary N) is 1. The van der Waals surface area contributed by atoms with Crippen molar-refractivity contribution in [3.63, 3.8) is 0 Å². The highest BCUT2D eigenvalue weighted by Gasteiger charge is 2.27. The van der Waals surface area contributed by atoms with E-state index in [1.54, 1.807) is 20.4 Å². The summed E-state index contributed by atoms with van der Waals surface area (Å²) in [5.74, 6) is 1.45. The molecule has 0 fully saturated rings. The van der Waals surface area contributed by atoms with Gasteiger partial charge in [-0.25, -0.2) is 0 Å². The monoisotopic (exact) mass is 520 g/mol. The van der Waals surface area contributed by atoms with Gasteiger partial charge in [-0.1, -0.05) is 30.3 Å². The van der Waals surface area contributed by atoms with Gasteiger partial charge in [0.2, 0.25) is 0 Å². The first-order chi connectivity index (χ1) is 19.1. The zero-order chi connectivity index (χ0) is 26.8. The largest absolute Gasteiger partial charge is 0.495 e. The lowest BCUT2D eigenvalue weighted by Gasteiger charge is -2.19. The van der Waals surface area contributed by atoms with Crippen molar-refractivity contribution in [3.05, 3.63) is 87.2 Å². The minimum Gasteiger partial charge on any atom is -0.495 e. The summed E-state index contributed by atoms with van der Waals surface area (Å²) >= 11 is 0. The number of fused-ring (bicyclic) bond motifs is 6. The molecule has 2 aromatic carbocycles. The summed E-state index contributed by atoms with van der Waals surface area (Å²) in [5, 5.41) is 3.71. The molecule has 0 atom stereocenters. The first-order valence-corrected chi connectivity index (χ1v) is 12.5. The lowest BCUT2D eigenvalue weighted by Crippen LogP contribution is -2.33. The van der Waals surface area contributed by atoms with E-state index in [0.29, 0.717) is 35.6 Å². The molecule has 1 N–H and O–H groups in total. The van der Waals surface area contributed by atoms with Gasteiger partial charge >= 0.3 is 5.56 Å². The van der Waals surface area contributed by atoms with Crippen molar-refractivity contribution < 1.29 is 14.2 Å². The maximum Gasteiger partial charge on any atom is 0.307 e. The van der Waals surface area contributed by atoms with E-state index in [1.807, 2.05) is 59.3 Å². The number of H-pyrrole nitrogens is 1. The van der Waals surface area contributed by atoms with Crippen LogP contribution in [0.3, 0.4) is 0 Å². The molecule has 0 radical (unpaired) electrons. The van der Waals surface area contributed by atoms with Crippen LogP contribution in [0.1, 0.15) is 5.69 Å². The van der Waals surface area contributed by atoms with Gasteiger partial charge in [-0.3, -0.25) is 19.0 Å². The number of aryl methyl sites for hydroxylation is 2. The number of methoxy groups -OCH3 is 3. The fourth-order valence-electron chi connectivity index (χ4n) is 5.84. The average molecular weight is 521 g/mol. The SMILES string of the molecule is COc1c2n(CCc3ncc(OC)c4c3[nH]c3c(OC)cccc34)ccc3c-2n(c(=O)c1=O)c1ccccc31. The average Bonchev–Trinajstić information content (AvgIpc) is 3.53. The van der Waals surface area contributed by atoms with Crippen LogP contribution in [0.15, 0.2) is 70.5 Å². The van der Waals surface area contributed by atoms with Crippen LogP contribution in [0.25, 0.3) is 49.5 Å². The molecule has 7 rings (SSSR count). The Morgan fingerprint density at radius 1 is 0.821 bits per heavy atom. The van der Waals surface area contributed by atoms with Gasteiger partial charge in [-0.2, -0.15) is 0 Å². The van der Waals surface area contributed by atoms with Gasteiger partial charge in [0.25, 0.3) is 5.43 Å². The number of pyridine rings is 3. The lowest BCUT2D eigenvalue weighted by atomic mass is 10.1. The second kappa shape index (κ2) is 8.49. The van der Waals surface area contributed by atoms with E-state index in [-0.39, 0.29) is 5.75 Å². The number of ether oxygens (including phenoxy) is 3. The number of benzene rings is 2. The Labute approximate surface area is 221 Å². The Morgan fingerprint density at radius 2 is 1.62 bits per heavy atom. The molecule has 0 unspecified atom stereocenters. The van der Waals surface area contributed by atoms with Crippen molar-refractivity contribution in [1.82, 2.24) is 18.9 Å². The van der Waals surface area contributed by atoms with Crippen molar-refractivity contribution in [2.75, 3.05) is 21.3 Å². The fraction of sp³-hybridized carbons (Fsp3) is 0.167. The smallest absolute Gasteiger partial charge is 0.307 e. The third-order valence-electron chi connectivity index (χ3n) is 7.57. The third-order valence-corrected chi connectivity index (χ3v) is 7.57. The van der Waals surface area contributed by atoms with Gasteiger partial charge in [0.05, 0.1) is 60.9 Å². The Balaban J connectivity index is 1.42. The summed E-state index contributed by atoms with van der Waals surface area (Å²) in [7, 11) is 4.70. The normalized spacial score (nSPS) is 11.9. The number of hydrogen-bond acceptors (Lipinski definition) is 6. The Hall–Kier alpha value is -5.05. The van der Waals surface area contributed by atoms with Crippen molar-refractivity contribution in [3.8, 4) is 28.6 Å². The Bertz CT molecular complexity index is 2140. The minimum atomic E-state index is -0.666. The van der Waals surface area contributed by atoms with Crippen molar-refractivity contribution in [2.45, 2.75) is 13.0 Å². The number of rotatable bonds is 6. The Morgan fingerprint density at radius 3 is 2.41 bits per heavy atom. The van der Waals surface area contributed by atoms with E-state index in [1.165, 1.54) is 11.5 Å². The van der Waals surface area contributed by atoms with E-state index in [9.17, 15) is 9.59 Å². The summed E-state index contributed by atoms with van der Waals surface area (Å²) in [4.78, 5) is 34.5. The lowest BCUT2D eigenvalue weighted by molar-refractivity contribution is 0.406. The number of aromatic nitrogens is 4. The molecule has 0 aliphatic carbocycles. The maximum absolute atomic E-state index is 13.1. The molecule has 3 aromatic heterocycles. The molecule has 194 valence electrons. The van der Waals surface area contributed by atoms with Gasteiger partial charge < -0.3 is 23.8 Å². The Kier molecular flexibility index (Phi) is 5.03. The molecule has 9 nitrogen and oxygen atoms in total. The first-order valence-electron chi connectivity index (χ1n) is 12.5. The molecule has 39 heavy (non-hydrogen) atoms. The second-order valence-electron chi connectivity index (χ2n) is 9.42. The molecule has 0 saturated heterocycles. The molecule has 5 heterocycles. The van der Waals surface area contributed by atoms with E-state index in [0.717, 1.165) is 44.0 Å². The van der Waals surface area contributed by atoms with Gasteiger partial charge in [-0.05, 0) is 18.2 Å². The molecule has 0 saturated carbocycles. The highest BCUT2D eigenvalue weighted by molar-refractivity contribution is 6.12. The zero-order valence-electron chi connectivity index (χ0n) is 21.6. The van der Waals surface area contributed by atoms with E-state index in [4.69, 9.17) is 19.2 Å². The van der Waals surface area contributed by atoms with E-state index in [2.05, 4.69) is 4.98 Å². The molecular weight excluding hydrogens is 496 g/mol. The van der Waals surface area contributed by atoms with Crippen LogP contribution in [0.5, 0.6) is 17.2 Å². The molecule has 0 bridgehead atoms. The number of aromatic amines is 1. The summed E-state index contributed by atoms with van der Waals surface area (Å²) < 4.78 is 20.2. The van der Waals surface area contributed by atoms with E-state index >= 15 is 0 Å². The van der Waals surface area contributed by atoms with Crippen LogP contribution in [0.2, 0.25) is 0 Å². The van der Waals surface area contributed by atoms with Gasteiger partial charge in [0, 0.05) is 35.3 Å². The quantitative estimate of drug-likeness (QED) is 0.325. The topological polar surface area (TPSA) is 99.8 Å². The second-order valence-corrected chi connectivity index (χ2v) is 9.42. The molecule has 5 aromatic rings. The predicted molar refractivity (Wildman–Crippen MR) is 150 cm³/mol. The fourth-order valence-corrected chi connectivity index (χ4v) is 5.84. The molecule has 9 heteroatoms. The van der Waals surface area contributed by atoms with Gasteiger partial charge in [0.1, 0.15) is 17.2 Å². The zero-order valence-corrected chi connectivity index (χ0v) is 21.6. The number of nitrogens with zero attached hydrogens (tertiary/aromatic N) is 3. The molecule has 2 aliphatic rings. The minimum absolute atomic E-state index is 0.0455. The summed E-state index contributed by atoms with van der Waals surface area (Å²) in [5.41, 5.74) is 3.24. The van der Waals surface area contributed by atoms with E-state index < -0.39 is 11.0 Å². The predicted octanol–water partition coefficient (Wildman–Crippen LogP) is 4.46. The van der Waals surface area contributed by atoms with Crippen LogP contribution in [0, 0.1) is 0 Å². The van der Waals surface area contributed by atoms with Gasteiger partial charge in [-0.15, -0.1) is 0 Å². The van der Waals surface area contributed by atoms with Crippen LogP contribution in [0.4, 0.5) is 0 Å². The maximum atomic E-state index is 13.1. The van der Waals surface area contributed by atoms with Crippen LogP contribution in [-0.4, -0.2) is 40.3 Å². The first kappa shape index (κ1) is 23.1. The third kappa shape index (κ3) is 3.10. The number of hydrogen-bond donors (Lipinski definition) is 1. The molecule has 2 aliphatic heterocycles. The van der Waals surface area contributed by atoms with Gasteiger partial charge in [0.15, 0.2) is 5.75 Å². The van der Waals surface area contributed by atoms with Crippen LogP contribution < -0.4 is 25.2 Å². The number of para-hydroxylation sites is 2. The standard InChI is InChI=1S/C30H24N4O5/c1-37-21-10-6-8-18-23-22(38-2)15-31-19(25(23)32-24(18)21)12-14-33-13-11-17-16-7-4-5-9-20(16)34-26(17)27(33)29(39-3)28(35)30(34)36/h4-11,13,15,32H,12,14H2,1-3H3. The molecule has 0 amide bonds. The van der Waals surface area contributed by atoms with Crippen molar-refractivity contribution in [2.24, 2.45) is 0 Å². The van der Waals surface area contributed by atoms with Crippen molar-refractivity contribution >= 4 is 38.1 Å². The molecular formula is C30H24N4O5. The summed E-state index contributed by atoms with van der Waals surface area (Å²) in [6.07, 6.45) is 4.21. The summed E-state index contributed by atoms with van der Waals surface area (Å²) in [6, 6.07) is 15.5. The highest BCUT2D eigenvalue weighted by Crippen LogP contribution is 2.40. The van der Waals surface area contributed by atoms with Crippen LogP contribution >= 0.6 is 0 Å². The molecule has 0 spiro atoms. The highest BCUT2D eigenvalue weighted by atomic mass is 16.5. The van der Waals surface area contributed by atoms with Crippen LogP contribution in [-0.2, 0) is 13.0 Å². The summed E-state index contributed by atoms with van der Waals surface area (Å²) in [6.45, 7) is 0.488. The van der Waals surface area contributed by atoms with Crippen molar-refractivity contribution in [1.29, 1.82) is 0 Å².